The minimum absolute atomic E-state index is 0.185. The Morgan fingerprint density at radius 1 is 1.05 bits per heavy atom. The summed E-state index contributed by atoms with van der Waals surface area (Å²) in [5.74, 6) is 0. The second-order valence-electron chi connectivity index (χ2n) is 6.28. The fourth-order valence-corrected chi connectivity index (χ4v) is 7.34. The first-order valence-corrected chi connectivity index (χ1v) is 9.08. The van der Waals surface area contributed by atoms with Crippen LogP contribution in [0.3, 0.4) is 0 Å². The van der Waals surface area contributed by atoms with Gasteiger partial charge in [-0.25, -0.2) is 0 Å². The molecule has 0 aliphatic carbocycles. The average Bonchev–Trinajstić information content (AvgIpc) is 2.73. The molecule has 20 heavy (non-hydrogen) atoms. The van der Waals surface area contributed by atoms with Gasteiger partial charge in [0.1, 0.15) is 0 Å². The molecule has 0 fully saturated rings. The summed E-state index contributed by atoms with van der Waals surface area (Å²) >= 11 is -0.373. The van der Waals surface area contributed by atoms with Gasteiger partial charge in [0.05, 0.1) is 0 Å². The third-order valence-corrected chi connectivity index (χ3v) is 7.10. The van der Waals surface area contributed by atoms with Crippen molar-refractivity contribution in [3.63, 3.8) is 0 Å². The van der Waals surface area contributed by atoms with Crippen LogP contribution in [-0.4, -0.2) is 20.4 Å². The van der Waals surface area contributed by atoms with Crippen LogP contribution in [0.15, 0.2) is 30.3 Å². The molecule has 0 saturated carbocycles. The Morgan fingerprint density at radius 2 is 1.75 bits per heavy atom. The Bertz CT molecular complexity index is 857. The fraction of sp³-hybridized carbons (Fsp3) is 0.278. The van der Waals surface area contributed by atoms with Gasteiger partial charge in [-0.2, -0.15) is 0 Å². The Labute approximate surface area is 129 Å². The van der Waals surface area contributed by atoms with Gasteiger partial charge in [-0.1, -0.05) is 0 Å². The summed E-state index contributed by atoms with van der Waals surface area (Å²) in [4.78, 5) is 3.57. The van der Waals surface area contributed by atoms with Crippen molar-refractivity contribution in [2.75, 3.05) is 0 Å². The van der Waals surface area contributed by atoms with Gasteiger partial charge < -0.3 is 0 Å². The topological polar surface area (TPSA) is 4.36 Å². The van der Waals surface area contributed by atoms with Crippen molar-refractivity contribution >= 4 is 43.7 Å². The Morgan fingerprint density at radius 3 is 2.40 bits per heavy atom. The number of hydrogen-bond donors (Lipinski definition) is 0. The van der Waals surface area contributed by atoms with Crippen molar-refractivity contribution < 1.29 is 0 Å². The van der Waals surface area contributed by atoms with E-state index >= 15 is 0 Å². The summed E-state index contributed by atoms with van der Waals surface area (Å²) in [5.41, 5.74) is 3.89. The molecule has 0 amide bonds. The summed E-state index contributed by atoms with van der Waals surface area (Å²) in [6.45, 7) is 16.3. The molecule has 0 aliphatic rings. The van der Waals surface area contributed by atoms with E-state index in [4.69, 9.17) is 6.57 Å². The van der Waals surface area contributed by atoms with Crippen LogP contribution in [0.25, 0.3) is 22.4 Å². The quantitative estimate of drug-likeness (QED) is 0.376. The van der Waals surface area contributed by atoms with Crippen LogP contribution in [0.5, 0.6) is 0 Å². The van der Waals surface area contributed by atoms with Crippen molar-refractivity contribution in [1.29, 1.82) is 0 Å². The van der Waals surface area contributed by atoms with Crippen molar-refractivity contribution in [3.8, 4) is 0 Å². The number of fused-ring (bicyclic) bond motifs is 3. The molecule has 3 rings (SSSR count). The first-order chi connectivity index (χ1) is 9.41. The predicted octanol–water partition coefficient (Wildman–Crippen LogP) is 5.21. The average molecular weight is 375 g/mol. The van der Waals surface area contributed by atoms with Gasteiger partial charge in [0.2, 0.25) is 0 Å². The SMILES string of the molecule is [C-]#[N+]c1ccc2c(c1)[te]c1c(C(C)(C)C)c(C)ccc12. The van der Waals surface area contributed by atoms with E-state index in [1.165, 1.54) is 25.3 Å². The van der Waals surface area contributed by atoms with E-state index in [-0.39, 0.29) is 25.8 Å². The van der Waals surface area contributed by atoms with E-state index in [9.17, 15) is 0 Å². The van der Waals surface area contributed by atoms with Crippen molar-refractivity contribution in [2.24, 2.45) is 0 Å². The summed E-state index contributed by atoms with van der Waals surface area (Å²) in [7, 11) is 0. The van der Waals surface area contributed by atoms with Gasteiger partial charge in [0, 0.05) is 0 Å². The van der Waals surface area contributed by atoms with E-state index < -0.39 is 0 Å². The maximum atomic E-state index is 7.18. The first kappa shape index (κ1) is 13.7. The van der Waals surface area contributed by atoms with Gasteiger partial charge in [0.25, 0.3) is 0 Å². The molecular formula is C18H17NTe. The van der Waals surface area contributed by atoms with Crippen LogP contribution >= 0.6 is 0 Å². The molecule has 3 aromatic rings. The molecule has 0 atom stereocenters. The van der Waals surface area contributed by atoms with Crippen molar-refractivity contribution in [2.45, 2.75) is 33.1 Å². The molecule has 0 N–H and O–H groups in total. The standard InChI is InChI=1S/C18H17NTe/c1-11-6-8-14-13-9-7-12(19-5)10-15(13)20-17(14)16(11)18(2,3)4/h6-10H,1-4H3. The fourth-order valence-electron chi connectivity index (χ4n) is 2.93. The first-order valence-electron chi connectivity index (χ1n) is 6.75. The zero-order valence-electron chi connectivity index (χ0n) is 12.2. The van der Waals surface area contributed by atoms with Gasteiger partial charge in [-0.3, -0.25) is 0 Å². The van der Waals surface area contributed by atoms with Gasteiger partial charge in [-0.05, 0) is 0 Å². The molecule has 1 heterocycles. The number of aryl methyl sites for hydroxylation is 1. The molecular weight excluding hydrogens is 358 g/mol. The zero-order valence-corrected chi connectivity index (χ0v) is 14.6. The Hall–Kier alpha value is -1.28. The molecule has 1 aromatic heterocycles. The van der Waals surface area contributed by atoms with Crippen molar-refractivity contribution in [3.05, 3.63) is 52.9 Å². The third-order valence-electron chi connectivity index (χ3n) is 3.71. The summed E-state index contributed by atoms with van der Waals surface area (Å²) in [6.07, 6.45) is 0. The Kier molecular flexibility index (Phi) is 3.17. The van der Waals surface area contributed by atoms with Crippen LogP contribution in [0.4, 0.5) is 5.69 Å². The molecule has 0 aliphatic heterocycles. The van der Waals surface area contributed by atoms with Crippen LogP contribution in [0, 0.1) is 13.5 Å². The number of hydrogen-bond acceptors (Lipinski definition) is 0. The molecule has 0 spiro atoms. The zero-order chi connectivity index (χ0) is 14.5. The molecule has 0 saturated heterocycles. The molecule has 100 valence electrons. The molecule has 0 unspecified atom stereocenters. The number of nitrogens with zero attached hydrogens (tertiary/aromatic N) is 1. The molecule has 1 nitrogen and oxygen atoms in total. The molecule has 0 radical (unpaired) electrons. The molecule has 0 bridgehead atoms. The van der Waals surface area contributed by atoms with Crippen molar-refractivity contribution in [1.82, 2.24) is 0 Å². The summed E-state index contributed by atoms with van der Waals surface area (Å²) in [5, 5.41) is 2.77. The van der Waals surface area contributed by atoms with E-state index in [2.05, 4.69) is 56.8 Å². The maximum absolute atomic E-state index is 7.18. The predicted molar refractivity (Wildman–Crippen MR) is 88.1 cm³/mol. The van der Waals surface area contributed by atoms with Gasteiger partial charge in [-0.15, -0.1) is 0 Å². The Balaban J connectivity index is 2.47. The third kappa shape index (κ3) is 2.07. The minimum atomic E-state index is -0.373. The summed E-state index contributed by atoms with van der Waals surface area (Å²) in [6, 6.07) is 10.7. The van der Waals surface area contributed by atoms with Gasteiger partial charge in [0.15, 0.2) is 0 Å². The van der Waals surface area contributed by atoms with Crippen LogP contribution in [0.2, 0.25) is 0 Å². The number of rotatable bonds is 0. The van der Waals surface area contributed by atoms with E-state index in [1.807, 2.05) is 6.07 Å². The van der Waals surface area contributed by atoms with Crippen LogP contribution < -0.4 is 0 Å². The van der Waals surface area contributed by atoms with Crippen LogP contribution in [0.1, 0.15) is 31.9 Å². The molecule has 2 aromatic carbocycles. The van der Waals surface area contributed by atoms with E-state index in [0.717, 1.165) is 5.69 Å². The monoisotopic (exact) mass is 377 g/mol. The second kappa shape index (κ2) is 4.63. The van der Waals surface area contributed by atoms with Crippen LogP contribution in [-0.2, 0) is 5.41 Å². The van der Waals surface area contributed by atoms with E-state index in [1.54, 1.807) is 3.40 Å². The second-order valence-corrected chi connectivity index (χ2v) is 9.28. The van der Waals surface area contributed by atoms with E-state index in [0.29, 0.717) is 0 Å². The van der Waals surface area contributed by atoms with Gasteiger partial charge >= 0.3 is 130 Å². The molecule has 2 heteroatoms. The summed E-state index contributed by atoms with van der Waals surface area (Å²) < 4.78 is 3.01. The number of benzene rings is 2. The normalized spacial score (nSPS) is 11.9.